The molecular formula is C11H6Br3FS. The van der Waals surface area contributed by atoms with Gasteiger partial charge in [-0.05, 0) is 54.9 Å². The summed E-state index contributed by atoms with van der Waals surface area (Å²) in [6.45, 7) is 0. The molecule has 0 aliphatic rings. The Hall–Kier alpha value is 0.290. The highest BCUT2D eigenvalue weighted by Crippen LogP contribution is 2.41. The smallest absolute Gasteiger partial charge is 0.137 e. The van der Waals surface area contributed by atoms with E-state index in [9.17, 15) is 4.39 Å². The molecule has 0 aliphatic heterocycles. The van der Waals surface area contributed by atoms with Gasteiger partial charge in [-0.15, -0.1) is 11.3 Å². The quantitative estimate of drug-likeness (QED) is 0.522. The Kier molecular flexibility index (Phi) is 4.21. The maximum atomic E-state index is 13.4. The van der Waals surface area contributed by atoms with Gasteiger partial charge in [-0.3, -0.25) is 0 Å². The predicted molar refractivity (Wildman–Crippen MR) is 76.9 cm³/mol. The van der Waals surface area contributed by atoms with Crippen LogP contribution in [0, 0.1) is 5.82 Å². The molecule has 1 unspecified atom stereocenters. The van der Waals surface area contributed by atoms with Crippen LogP contribution in [0.4, 0.5) is 4.39 Å². The van der Waals surface area contributed by atoms with E-state index < -0.39 is 0 Å². The Balaban J connectivity index is 2.46. The molecule has 0 saturated carbocycles. The first-order valence-corrected chi connectivity index (χ1v) is 7.80. The lowest BCUT2D eigenvalue weighted by Crippen LogP contribution is -1.94. The van der Waals surface area contributed by atoms with E-state index in [4.69, 9.17) is 0 Å². The Morgan fingerprint density at radius 1 is 1.19 bits per heavy atom. The van der Waals surface area contributed by atoms with Crippen molar-refractivity contribution in [1.29, 1.82) is 0 Å². The van der Waals surface area contributed by atoms with Crippen LogP contribution < -0.4 is 0 Å². The minimum Gasteiger partial charge on any atom is -0.206 e. The summed E-state index contributed by atoms with van der Waals surface area (Å²) in [4.78, 5) is 1.12. The first-order valence-electron chi connectivity index (χ1n) is 4.42. The highest BCUT2D eigenvalue weighted by atomic mass is 79.9. The van der Waals surface area contributed by atoms with Gasteiger partial charge in [0.2, 0.25) is 0 Å². The van der Waals surface area contributed by atoms with Crippen LogP contribution in [0.15, 0.2) is 38.6 Å². The molecular weight excluding hydrogens is 423 g/mol. The molecule has 0 fully saturated rings. The van der Waals surface area contributed by atoms with Crippen molar-refractivity contribution in [2.75, 3.05) is 0 Å². The molecule has 1 aromatic heterocycles. The van der Waals surface area contributed by atoms with E-state index >= 15 is 0 Å². The molecule has 1 heterocycles. The largest absolute Gasteiger partial charge is 0.206 e. The first kappa shape index (κ1) is 12.7. The standard InChI is InChI=1S/C11H6Br3FS/c12-7-4-5-16-11(7)10(14)6-2-1-3-8(15)9(6)13/h1-5,10H. The summed E-state index contributed by atoms with van der Waals surface area (Å²) in [5.41, 5.74) is 0.892. The highest BCUT2D eigenvalue weighted by molar-refractivity contribution is 9.11. The zero-order valence-corrected chi connectivity index (χ0v) is 13.5. The Morgan fingerprint density at radius 3 is 2.56 bits per heavy atom. The van der Waals surface area contributed by atoms with Crippen molar-refractivity contribution >= 4 is 59.1 Å². The van der Waals surface area contributed by atoms with Crippen LogP contribution in [0.2, 0.25) is 0 Å². The van der Waals surface area contributed by atoms with Crippen LogP contribution in [0.25, 0.3) is 0 Å². The van der Waals surface area contributed by atoms with Crippen LogP contribution in [0.5, 0.6) is 0 Å². The third-order valence-electron chi connectivity index (χ3n) is 2.13. The molecule has 2 rings (SSSR count). The number of hydrogen-bond donors (Lipinski definition) is 0. The van der Waals surface area contributed by atoms with E-state index in [0.29, 0.717) is 4.47 Å². The summed E-state index contributed by atoms with van der Waals surface area (Å²) in [5, 5.41) is 2.00. The second-order valence-corrected chi connectivity index (χ2v) is 6.65. The zero-order chi connectivity index (χ0) is 11.7. The average Bonchev–Trinajstić information content (AvgIpc) is 2.68. The van der Waals surface area contributed by atoms with Gasteiger partial charge in [0.15, 0.2) is 0 Å². The number of hydrogen-bond acceptors (Lipinski definition) is 1. The molecule has 5 heteroatoms. The number of alkyl halides is 1. The molecule has 0 aliphatic carbocycles. The first-order chi connectivity index (χ1) is 7.61. The Morgan fingerprint density at radius 2 is 1.94 bits per heavy atom. The lowest BCUT2D eigenvalue weighted by Gasteiger charge is -2.11. The number of halogens is 4. The van der Waals surface area contributed by atoms with Gasteiger partial charge >= 0.3 is 0 Å². The Labute approximate surface area is 122 Å². The fourth-order valence-electron chi connectivity index (χ4n) is 1.34. The topological polar surface area (TPSA) is 0 Å². The molecule has 1 aromatic carbocycles. The van der Waals surface area contributed by atoms with Crippen molar-refractivity contribution in [2.45, 2.75) is 4.83 Å². The van der Waals surface area contributed by atoms with E-state index in [1.807, 2.05) is 17.5 Å². The minimum absolute atomic E-state index is 0.00745. The van der Waals surface area contributed by atoms with E-state index in [0.717, 1.165) is 14.9 Å². The monoisotopic (exact) mass is 426 g/mol. The molecule has 84 valence electrons. The maximum absolute atomic E-state index is 13.4. The molecule has 0 bridgehead atoms. The highest BCUT2D eigenvalue weighted by Gasteiger charge is 2.18. The number of thiophene rings is 1. The van der Waals surface area contributed by atoms with Crippen molar-refractivity contribution in [3.63, 3.8) is 0 Å². The van der Waals surface area contributed by atoms with Crippen LogP contribution in [-0.2, 0) is 0 Å². The van der Waals surface area contributed by atoms with E-state index in [2.05, 4.69) is 47.8 Å². The molecule has 0 N–H and O–H groups in total. The maximum Gasteiger partial charge on any atom is 0.137 e. The Bertz CT molecular complexity index is 510. The summed E-state index contributed by atoms with van der Waals surface area (Å²) in [6, 6.07) is 7.04. The molecule has 16 heavy (non-hydrogen) atoms. The molecule has 0 saturated heterocycles. The molecule has 1 atom stereocenters. The van der Waals surface area contributed by atoms with E-state index in [1.165, 1.54) is 6.07 Å². The zero-order valence-electron chi connectivity index (χ0n) is 7.88. The van der Waals surface area contributed by atoms with Gasteiger partial charge in [0.05, 0.1) is 9.30 Å². The third kappa shape index (κ3) is 2.42. The summed E-state index contributed by atoms with van der Waals surface area (Å²) in [7, 11) is 0. The minimum atomic E-state index is -0.241. The lowest BCUT2D eigenvalue weighted by molar-refractivity contribution is 0.619. The van der Waals surface area contributed by atoms with Crippen LogP contribution in [0.3, 0.4) is 0 Å². The second-order valence-electron chi connectivity index (χ2n) is 3.14. The van der Waals surface area contributed by atoms with Crippen molar-refractivity contribution in [3.8, 4) is 0 Å². The second kappa shape index (κ2) is 5.29. The van der Waals surface area contributed by atoms with Gasteiger partial charge in [0, 0.05) is 9.35 Å². The van der Waals surface area contributed by atoms with E-state index in [-0.39, 0.29) is 10.6 Å². The summed E-state index contributed by atoms with van der Waals surface area (Å²) >= 11 is 12.0. The van der Waals surface area contributed by atoms with Crippen LogP contribution in [0.1, 0.15) is 15.3 Å². The van der Waals surface area contributed by atoms with Crippen LogP contribution in [-0.4, -0.2) is 0 Å². The average molecular weight is 429 g/mol. The van der Waals surface area contributed by atoms with Gasteiger partial charge in [-0.1, -0.05) is 28.1 Å². The molecule has 0 amide bonds. The molecule has 0 spiro atoms. The van der Waals surface area contributed by atoms with Gasteiger partial charge in [0.25, 0.3) is 0 Å². The van der Waals surface area contributed by atoms with Crippen molar-refractivity contribution < 1.29 is 4.39 Å². The molecule has 2 aromatic rings. The van der Waals surface area contributed by atoms with E-state index in [1.54, 1.807) is 17.4 Å². The van der Waals surface area contributed by atoms with Gasteiger partial charge in [-0.2, -0.15) is 0 Å². The van der Waals surface area contributed by atoms with Crippen molar-refractivity contribution in [2.24, 2.45) is 0 Å². The summed E-state index contributed by atoms with van der Waals surface area (Å²) in [5.74, 6) is -0.241. The van der Waals surface area contributed by atoms with Gasteiger partial charge in [-0.25, -0.2) is 4.39 Å². The summed E-state index contributed by atoms with van der Waals surface area (Å²) in [6.07, 6.45) is 0. The number of rotatable bonds is 2. The summed E-state index contributed by atoms with van der Waals surface area (Å²) < 4.78 is 15.0. The fourth-order valence-corrected chi connectivity index (χ4v) is 5.00. The van der Waals surface area contributed by atoms with Crippen molar-refractivity contribution in [3.05, 3.63) is 54.8 Å². The predicted octanol–water partition coefficient (Wildman–Crippen LogP) is 5.90. The van der Waals surface area contributed by atoms with Crippen molar-refractivity contribution in [1.82, 2.24) is 0 Å². The SMILES string of the molecule is Fc1cccc(C(Br)c2sccc2Br)c1Br. The van der Waals surface area contributed by atoms with Crippen LogP contribution >= 0.6 is 59.1 Å². The molecule has 0 nitrogen and oxygen atoms in total. The lowest BCUT2D eigenvalue weighted by atomic mass is 10.1. The van der Waals surface area contributed by atoms with Gasteiger partial charge < -0.3 is 0 Å². The van der Waals surface area contributed by atoms with Gasteiger partial charge in [0.1, 0.15) is 5.82 Å². The normalized spacial score (nSPS) is 12.8. The number of benzene rings is 1. The molecule has 0 radical (unpaired) electrons. The fraction of sp³-hybridized carbons (Fsp3) is 0.0909. The third-order valence-corrected chi connectivity index (χ3v) is 6.16.